The zero-order valence-corrected chi connectivity index (χ0v) is 17.1. The van der Waals surface area contributed by atoms with E-state index in [9.17, 15) is 9.59 Å². The van der Waals surface area contributed by atoms with Crippen molar-refractivity contribution >= 4 is 23.2 Å². The Hall–Kier alpha value is -3.78. The Morgan fingerprint density at radius 2 is 2.00 bits per heavy atom. The van der Waals surface area contributed by atoms with Gasteiger partial charge in [-0.25, -0.2) is 0 Å². The molecule has 0 fully saturated rings. The lowest BCUT2D eigenvalue weighted by Gasteiger charge is -2.10. The number of halogens is 1. The van der Waals surface area contributed by atoms with Crippen molar-refractivity contribution in [3.05, 3.63) is 94.0 Å². The molecule has 4 aromatic rings. The van der Waals surface area contributed by atoms with Gasteiger partial charge in [0.15, 0.2) is 0 Å². The van der Waals surface area contributed by atoms with Gasteiger partial charge in [0.05, 0.1) is 12.2 Å². The number of nitrogens with one attached hydrogen (secondary N) is 1. The molecule has 3 heterocycles. The van der Waals surface area contributed by atoms with Crippen LogP contribution < -0.4 is 10.9 Å². The van der Waals surface area contributed by atoms with Crippen molar-refractivity contribution in [2.45, 2.75) is 19.4 Å². The van der Waals surface area contributed by atoms with E-state index in [1.165, 1.54) is 10.6 Å². The normalized spacial score (nSPS) is 10.7. The first-order valence-electron chi connectivity index (χ1n) is 9.55. The van der Waals surface area contributed by atoms with E-state index in [-0.39, 0.29) is 17.9 Å². The highest BCUT2D eigenvalue weighted by molar-refractivity contribution is 6.31. The van der Waals surface area contributed by atoms with Gasteiger partial charge >= 0.3 is 0 Å². The topological polar surface area (TPSA) is 103 Å². The molecule has 0 saturated carbocycles. The van der Waals surface area contributed by atoms with Gasteiger partial charge in [0.25, 0.3) is 5.56 Å². The highest BCUT2D eigenvalue weighted by atomic mass is 35.5. The molecule has 156 valence electrons. The first-order valence-corrected chi connectivity index (χ1v) is 9.93. The third kappa shape index (κ3) is 5.23. The van der Waals surface area contributed by atoms with Gasteiger partial charge in [0.2, 0.25) is 17.6 Å². The van der Waals surface area contributed by atoms with Crippen LogP contribution in [0.1, 0.15) is 17.9 Å². The molecule has 0 spiro atoms. The van der Waals surface area contributed by atoms with Gasteiger partial charge in [-0.15, -0.1) is 0 Å². The smallest absolute Gasteiger partial charge is 0.250 e. The summed E-state index contributed by atoms with van der Waals surface area (Å²) in [6.07, 6.45) is 5.33. The Morgan fingerprint density at radius 1 is 1.13 bits per heavy atom. The Kier molecular flexibility index (Phi) is 6.18. The first-order chi connectivity index (χ1) is 15.1. The summed E-state index contributed by atoms with van der Waals surface area (Å²) >= 11 is 6.18. The van der Waals surface area contributed by atoms with Crippen molar-refractivity contribution in [2.75, 3.05) is 5.32 Å². The van der Waals surface area contributed by atoms with Crippen LogP contribution in [0.15, 0.2) is 76.4 Å². The first kappa shape index (κ1) is 20.5. The number of rotatable bonds is 7. The largest absolute Gasteiger partial charge is 0.339 e. The number of carbonyl (C=O) groups is 1. The summed E-state index contributed by atoms with van der Waals surface area (Å²) in [7, 11) is 0. The lowest BCUT2D eigenvalue weighted by Crippen LogP contribution is -2.21. The Balaban J connectivity index is 1.37. The molecule has 0 radical (unpaired) electrons. The molecule has 1 aromatic carbocycles. The van der Waals surface area contributed by atoms with Gasteiger partial charge in [-0.3, -0.25) is 14.6 Å². The molecule has 0 aliphatic carbocycles. The molecule has 1 N–H and O–H groups in total. The van der Waals surface area contributed by atoms with Crippen LogP contribution in [0.3, 0.4) is 0 Å². The van der Waals surface area contributed by atoms with Crippen molar-refractivity contribution in [1.82, 2.24) is 19.7 Å². The molecule has 0 aliphatic heterocycles. The maximum Gasteiger partial charge on any atom is 0.250 e. The third-order valence-corrected chi connectivity index (χ3v) is 4.89. The molecular weight excluding hydrogens is 418 g/mol. The molecule has 0 saturated heterocycles. The van der Waals surface area contributed by atoms with E-state index < -0.39 is 0 Å². The van der Waals surface area contributed by atoms with Gasteiger partial charge in [-0.1, -0.05) is 35.0 Å². The van der Waals surface area contributed by atoms with Crippen molar-refractivity contribution in [3.8, 4) is 11.4 Å². The number of benzene rings is 1. The summed E-state index contributed by atoms with van der Waals surface area (Å²) in [5.41, 5.74) is 1.88. The molecule has 0 bridgehead atoms. The molecule has 1 amide bonds. The summed E-state index contributed by atoms with van der Waals surface area (Å²) in [4.78, 5) is 32.8. The summed E-state index contributed by atoms with van der Waals surface area (Å²) in [5.74, 6) is 0.553. The number of hydrogen-bond donors (Lipinski definition) is 1. The zero-order chi connectivity index (χ0) is 21.6. The van der Waals surface area contributed by atoms with Crippen LogP contribution in [0.5, 0.6) is 0 Å². The van der Waals surface area contributed by atoms with E-state index in [2.05, 4.69) is 20.4 Å². The van der Waals surface area contributed by atoms with Gasteiger partial charge in [0, 0.05) is 48.1 Å². The quantitative estimate of drug-likeness (QED) is 0.476. The number of aromatic nitrogens is 4. The Labute approximate surface area is 182 Å². The minimum atomic E-state index is -0.232. The average Bonchev–Trinajstić information content (AvgIpc) is 3.26. The Bertz CT molecular complexity index is 1250. The lowest BCUT2D eigenvalue weighted by atomic mass is 10.2. The van der Waals surface area contributed by atoms with E-state index in [4.69, 9.17) is 16.1 Å². The van der Waals surface area contributed by atoms with Crippen molar-refractivity contribution < 1.29 is 9.32 Å². The van der Waals surface area contributed by atoms with Crippen molar-refractivity contribution in [1.29, 1.82) is 0 Å². The van der Waals surface area contributed by atoms with Gasteiger partial charge in [-0.2, -0.15) is 4.98 Å². The lowest BCUT2D eigenvalue weighted by molar-refractivity contribution is -0.116. The molecule has 31 heavy (non-hydrogen) atoms. The van der Waals surface area contributed by atoms with Crippen LogP contribution in [0.2, 0.25) is 5.02 Å². The van der Waals surface area contributed by atoms with Crippen LogP contribution in [-0.4, -0.2) is 25.6 Å². The number of amides is 1. The molecule has 0 unspecified atom stereocenters. The second kappa shape index (κ2) is 9.36. The van der Waals surface area contributed by atoms with Gasteiger partial charge in [-0.05, 0) is 29.8 Å². The SMILES string of the molecule is O=C(CCc1nc(-c2cccnc2)no1)Nc1ccc(=O)n(Cc2ccccc2Cl)c1. The molecule has 4 rings (SSSR count). The molecule has 0 atom stereocenters. The minimum Gasteiger partial charge on any atom is -0.339 e. The van der Waals surface area contributed by atoms with E-state index in [0.717, 1.165) is 11.1 Å². The van der Waals surface area contributed by atoms with Gasteiger partial charge < -0.3 is 14.4 Å². The third-order valence-electron chi connectivity index (χ3n) is 4.52. The van der Waals surface area contributed by atoms with Gasteiger partial charge in [0.1, 0.15) is 0 Å². The zero-order valence-electron chi connectivity index (χ0n) is 16.4. The fraction of sp³-hybridized carbons (Fsp3) is 0.136. The number of anilines is 1. The fourth-order valence-corrected chi connectivity index (χ4v) is 3.15. The fourth-order valence-electron chi connectivity index (χ4n) is 2.95. The van der Waals surface area contributed by atoms with Crippen LogP contribution in [0.25, 0.3) is 11.4 Å². The van der Waals surface area contributed by atoms with Crippen LogP contribution >= 0.6 is 11.6 Å². The number of carbonyl (C=O) groups excluding carboxylic acids is 1. The van der Waals surface area contributed by atoms with E-state index in [1.807, 2.05) is 24.3 Å². The summed E-state index contributed by atoms with van der Waals surface area (Å²) in [6, 6.07) is 13.9. The van der Waals surface area contributed by atoms with E-state index in [1.54, 1.807) is 36.8 Å². The molecular formula is C22H18ClN5O3. The predicted molar refractivity (Wildman–Crippen MR) is 116 cm³/mol. The van der Waals surface area contributed by atoms with Crippen molar-refractivity contribution in [2.24, 2.45) is 0 Å². The number of hydrogen-bond acceptors (Lipinski definition) is 6. The minimum absolute atomic E-state index is 0.151. The monoisotopic (exact) mass is 435 g/mol. The number of nitrogens with zero attached hydrogens (tertiary/aromatic N) is 4. The van der Waals surface area contributed by atoms with Crippen LogP contribution in [0.4, 0.5) is 5.69 Å². The molecule has 0 aliphatic rings. The van der Waals surface area contributed by atoms with Crippen molar-refractivity contribution in [3.63, 3.8) is 0 Å². The highest BCUT2D eigenvalue weighted by Crippen LogP contribution is 2.17. The maximum absolute atomic E-state index is 12.4. The van der Waals surface area contributed by atoms with E-state index in [0.29, 0.717) is 35.4 Å². The summed E-state index contributed by atoms with van der Waals surface area (Å²) < 4.78 is 6.70. The van der Waals surface area contributed by atoms with Crippen LogP contribution in [0, 0.1) is 0 Å². The average molecular weight is 436 g/mol. The molecule has 3 aromatic heterocycles. The molecule has 8 nitrogen and oxygen atoms in total. The van der Waals surface area contributed by atoms with E-state index >= 15 is 0 Å². The second-order valence-corrected chi connectivity index (χ2v) is 7.18. The number of pyridine rings is 2. The second-order valence-electron chi connectivity index (χ2n) is 6.78. The maximum atomic E-state index is 12.4. The van der Waals surface area contributed by atoms with Crippen LogP contribution in [-0.2, 0) is 17.8 Å². The standard InChI is InChI=1S/C22H18ClN5O3/c23-18-6-2-1-4-16(18)13-28-14-17(7-10-21(28)30)25-19(29)8-9-20-26-22(27-31-20)15-5-3-11-24-12-15/h1-7,10-12,14H,8-9,13H2,(H,25,29). The number of aryl methyl sites for hydroxylation is 1. The highest BCUT2D eigenvalue weighted by Gasteiger charge is 2.11. The summed E-state index contributed by atoms with van der Waals surface area (Å²) in [5, 5.41) is 7.27. The molecule has 9 heteroatoms. The Morgan fingerprint density at radius 3 is 2.81 bits per heavy atom. The summed E-state index contributed by atoms with van der Waals surface area (Å²) in [6.45, 7) is 0.307. The predicted octanol–water partition coefficient (Wildman–Crippen LogP) is 3.57.